The Bertz CT molecular complexity index is 802. The van der Waals surface area contributed by atoms with Crippen LogP contribution in [-0.2, 0) is 14.9 Å². The van der Waals surface area contributed by atoms with Gasteiger partial charge in [-0.05, 0) is 43.2 Å². The van der Waals surface area contributed by atoms with Crippen LogP contribution >= 0.6 is 11.8 Å². The summed E-state index contributed by atoms with van der Waals surface area (Å²) in [5.74, 6) is 0.801. The molecule has 1 heterocycles. The van der Waals surface area contributed by atoms with Crippen LogP contribution in [0.2, 0.25) is 0 Å². The summed E-state index contributed by atoms with van der Waals surface area (Å²) in [5.41, 5.74) is 2.50. The lowest BCUT2D eigenvalue weighted by Crippen LogP contribution is -2.42. The van der Waals surface area contributed by atoms with Gasteiger partial charge in [-0.2, -0.15) is 0 Å². The predicted molar refractivity (Wildman–Crippen MR) is 115 cm³/mol. The lowest BCUT2D eigenvalue weighted by molar-refractivity contribution is -0.118. The molecule has 7 heteroatoms. The number of ether oxygens (including phenoxy) is 1. The Morgan fingerprint density at radius 3 is 2.54 bits per heavy atom. The Kier molecular flexibility index (Phi) is 6.93. The summed E-state index contributed by atoms with van der Waals surface area (Å²) in [4.78, 5) is 28.4. The molecule has 6 nitrogen and oxygen atoms in total. The first-order chi connectivity index (χ1) is 12.9. The van der Waals surface area contributed by atoms with E-state index in [1.807, 2.05) is 17.5 Å². The maximum absolute atomic E-state index is 12.1. The summed E-state index contributed by atoms with van der Waals surface area (Å²) >= 11 is 1.57. The molecule has 152 valence electrons. The van der Waals surface area contributed by atoms with Crippen molar-refractivity contribution in [3.05, 3.63) is 40.8 Å². The number of nitrogens with zero attached hydrogens (tertiary/aromatic N) is 1. The quantitative estimate of drug-likeness (QED) is 0.797. The fourth-order valence-electron chi connectivity index (χ4n) is 2.42. The van der Waals surface area contributed by atoms with Crippen molar-refractivity contribution in [1.82, 2.24) is 10.6 Å². The topological polar surface area (TPSA) is 79.8 Å². The number of hydrogen-bond acceptors (Lipinski definition) is 5. The molecule has 2 amide bonds. The van der Waals surface area contributed by atoms with Gasteiger partial charge in [-0.3, -0.25) is 4.79 Å². The Morgan fingerprint density at radius 1 is 1.18 bits per heavy atom. The third-order valence-corrected chi connectivity index (χ3v) is 4.60. The molecule has 1 aromatic carbocycles. The van der Waals surface area contributed by atoms with Gasteiger partial charge >= 0.3 is 6.09 Å². The second-order valence-corrected chi connectivity index (χ2v) is 9.46. The zero-order chi connectivity index (χ0) is 20.9. The van der Waals surface area contributed by atoms with Crippen LogP contribution in [0.3, 0.4) is 0 Å². The highest BCUT2D eigenvalue weighted by molar-refractivity contribution is 8.03. The fraction of sp³-hybridized carbons (Fsp3) is 0.476. The van der Waals surface area contributed by atoms with E-state index in [2.05, 4.69) is 48.5 Å². The highest BCUT2D eigenvalue weighted by atomic mass is 32.2. The van der Waals surface area contributed by atoms with Gasteiger partial charge < -0.3 is 15.4 Å². The van der Waals surface area contributed by atoms with E-state index in [-0.39, 0.29) is 17.9 Å². The van der Waals surface area contributed by atoms with Crippen LogP contribution in [0.25, 0.3) is 5.70 Å². The van der Waals surface area contributed by atoms with Crippen molar-refractivity contribution in [2.24, 2.45) is 4.99 Å². The van der Waals surface area contributed by atoms with E-state index in [0.29, 0.717) is 11.6 Å². The molecule has 1 aromatic rings. The largest absolute Gasteiger partial charge is 0.444 e. The summed E-state index contributed by atoms with van der Waals surface area (Å²) in [6.45, 7) is 11.6. The first-order valence-corrected chi connectivity index (χ1v) is 10.3. The smallest absolute Gasteiger partial charge is 0.408 e. The summed E-state index contributed by atoms with van der Waals surface area (Å²) in [6, 6.07) is 8.27. The average molecular weight is 404 g/mol. The molecule has 2 rings (SSSR count). The summed E-state index contributed by atoms with van der Waals surface area (Å²) < 4.78 is 5.12. The van der Waals surface area contributed by atoms with Crippen LogP contribution in [0.5, 0.6) is 0 Å². The van der Waals surface area contributed by atoms with E-state index in [4.69, 9.17) is 4.74 Å². The second-order valence-electron chi connectivity index (χ2n) is 8.61. The Balaban J connectivity index is 1.99. The van der Waals surface area contributed by atoms with Gasteiger partial charge in [-0.15, -0.1) is 11.8 Å². The zero-order valence-electron chi connectivity index (χ0n) is 17.4. The second kappa shape index (κ2) is 8.82. The van der Waals surface area contributed by atoms with Crippen molar-refractivity contribution in [2.75, 3.05) is 12.3 Å². The minimum absolute atomic E-state index is 0.0481. The van der Waals surface area contributed by atoms with E-state index in [0.717, 1.165) is 11.3 Å². The summed E-state index contributed by atoms with van der Waals surface area (Å²) in [7, 11) is 0. The van der Waals surface area contributed by atoms with Gasteiger partial charge in [0.1, 0.15) is 18.0 Å². The van der Waals surface area contributed by atoms with Crippen LogP contribution in [-0.4, -0.2) is 35.7 Å². The number of alkyl carbamates (subject to hydrolysis) is 1. The normalized spacial score (nSPS) is 14.6. The molecule has 0 aromatic heterocycles. The van der Waals surface area contributed by atoms with Crippen LogP contribution in [0.15, 0.2) is 34.7 Å². The maximum atomic E-state index is 12.1. The van der Waals surface area contributed by atoms with Crippen LogP contribution in [0.1, 0.15) is 52.7 Å². The van der Waals surface area contributed by atoms with Crippen LogP contribution < -0.4 is 10.6 Å². The molecular weight excluding hydrogens is 374 g/mol. The van der Waals surface area contributed by atoms with Gasteiger partial charge in [0.15, 0.2) is 0 Å². The monoisotopic (exact) mass is 403 g/mol. The highest BCUT2D eigenvalue weighted by Gasteiger charge is 2.18. The number of rotatable bonds is 3. The van der Waals surface area contributed by atoms with Crippen molar-refractivity contribution in [2.45, 2.75) is 52.6 Å². The first kappa shape index (κ1) is 22.0. The number of carbonyl (C=O) groups is 2. The number of amidine groups is 1. The average Bonchev–Trinajstić information content (AvgIpc) is 2.58. The lowest BCUT2D eigenvalue weighted by Gasteiger charge is -2.21. The Morgan fingerprint density at radius 2 is 1.89 bits per heavy atom. The Labute approximate surface area is 171 Å². The van der Waals surface area contributed by atoms with E-state index in [1.165, 1.54) is 5.56 Å². The van der Waals surface area contributed by atoms with Crippen LogP contribution in [0.4, 0.5) is 4.79 Å². The van der Waals surface area contributed by atoms with Gasteiger partial charge in [0.05, 0.1) is 11.4 Å². The zero-order valence-corrected chi connectivity index (χ0v) is 18.2. The SMILES string of the molecule is CC(C)(C)OC(=O)NCC(=O)NC1=NC(c2cccc(C(C)(C)C)c2)=CSC1. The number of nitrogens with one attached hydrogen (secondary N) is 2. The molecule has 0 atom stereocenters. The van der Waals surface area contributed by atoms with E-state index in [1.54, 1.807) is 32.5 Å². The molecule has 0 aliphatic carbocycles. The molecule has 0 radical (unpaired) electrons. The molecule has 0 saturated carbocycles. The molecule has 1 aliphatic rings. The number of hydrogen-bond donors (Lipinski definition) is 2. The summed E-state index contributed by atoms with van der Waals surface area (Å²) in [5, 5.41) is 7.20. The van der Waals surface area contributed by atoms with E-state index >= 15 is 0 Å². The molecule has 28 heavy (non-hydrogen) atoms. The van der Waals surface area contributed by atoms with Crippen molar-refractivity contribution in [3.63, 3.8) is 0 Å². The lowest BCUT2D eigenvalue weighted by atomic mass is 9.86. The molecule has 0 spiro atoms. The molecule has 0 bridgehead atoms. The number of carbonyl (C=O) groups excluding carboxylic acids is 2. The van der Waals surface area contributed by atoms with Crippen molar-refractivity contribution in [3.8, 4) is 0 Å². The molecule has 0 fully saturated rings. The number of benzene rings is 1. The number of aliphatic imine (C=N–C) groups is 1. The standard InChI is InChI=1S/C21H29N3O3S/c1-20(2,3)15-9-7-8-14(10-15)16-12-28-13-17(23-16)24-18(25)11-22-19(26)27-21(4,5)6/h7-10,12H,11,13H2,1-6H3,(H,22,26)(H,23,24,25). The predicted octanol–water partition coefficient (Wildman–Crippen LogP) is 4.07. The Hall–Kier alpha value is -2.28. The first-order valence-electron chi connectivity index (χ1n) is 9.21. The summed E-state index contributed by atoms with van der Waals surface area (Å²) in [6.07, 6.45) is -0.623. The molecular formula is C21H29N3O3S. The van der Waals surface area contributed by atoms with Crippen molar-refractivity contribution < 1.29 is 14.3 Å². The van der Waals surface area contributed by atoms with Crippen molar-refractivity contribution in [1.29, 1.82) is 0 Å². The molecule has 0 unspecified atom stereocenters. The van der Waals surface area contributed by atoms with E-state index < -0.39 is 11.7 Å². The maximum Gasteiger partial charge on any atom is 0.408 e. The third kappa shape index (κ3) is 7.03. The van der Waals surface area contributed by atoms with E-state index in [9.17, 15) is 9.59 Å². The molecule has 1 aliphatic heterocycles. The highest BCUT2D eigenvalue weighted by Crippen LogP contribution is 2.29. The minimum Gasteiger partial charge on any atom is -0.444 e. The van der Waals surface area contributed by atoms with Gasteiger partial charge in [-0.1, -0.05) is 39.0 Å². The molecule has 2 N–H and O–H groups in total. The third-order valence-electron chi connectivity index (χ3n) is 3.77. The van der Waals surface area contributed by atoms with Crippen molar-refractivity contribution >= 4 is 35.3 Å². The molecule has 0 saturated heterocycles. The van der Waals surface area contributed by atoms with Gasteiger partial charge in [0, 0.05) is 5.56 Å². The fourth-order valence-corrected chi connectivity index (χ4v) is 3.14. The van der Waals surface area contributed by atoms with Gasteiger partial charge in [0.25, 0.3) is 0 Å². The minimum atomic E-state index is -0.623. The van der Waals surface area contributed by atoms with Gasteiger partial charge in [-0.25, -0.2) is 9.79 Å². The van der Waals surface area contributed by atoms with Gasteiger partial charge in [0.2, 0.25) is 5.91 Å². The number of amides is 2. The van der Waals surface area contributed by atoms with Crippen LogP contribution in [0, 0.1) is 0 Å². The number of thioether (sulfide) groups is 1.